The fourth-order valence-electron chi connectivity index (χ4n) is 2.86. The zero-order chi connectivity index (χ0) is 18.5. The van der Waals surface area contributed by atoms with Crippen molar-refractivity contribution < 1.29 is 23.7 Å². The van der Waals surface area contributed by atoms with Crippen LogP contribution < -0.4 is 29.0 Å². The van der Waals surface area contributed by atoms with Crippen molar-refractivity contribution in [3.05, 3.63) is 39.9 Å². The first-order chi connectivity index (χ1) is 12.7. The predicted molar refractivity (Wildman–Crippen MR) is 102 cm³/mol. The van der Waals surface area contributed by atoms with Crippen LogP contribution in [0.5, 0.6) is 28.7 Å². The molecule has 1 aliphatic rings. The minimum atomic E-state index is 0.224. The molecule has 26 heavy (non-hydrogen) atoms. The maximum absolute atomic E-state index is 5.58. The molecule has 0 aliphatic carbocycles. The molecular formula is C19H22BrNO5. The van der Waals surface area contributed by atoms with Gasteiger partial charge in [-0.1, -0.05) is 22.0 Å². The second-order valence-corrected chi connectivity index (χ2v) is 6.57. The lowest BCUT2D eigenvalue weighted by atomic mass is 10.1. The Bertz CT molecular complexity index is 781. The molecule has 1 N–H and O–H groups in total. The molecule has 0 saturated heterocycles. The van der Waals surface area contributed by atoms with Gasteiger partial charge in [0.15, 0.2) is 23.0 Å². The third kappa shape index (κ3) is 3.83. The van der Waals surface area contributed by atoms with Crippen molar-refractivity contribution in [3.8, 4) is 28.7 Å². The Hall–Kier alpha value is -2.12. The number of rotatable bonds is 8. The molecule has 0 saturated carbocycles. The number of ether oxygens (including phenoxy) is 5. The summed E-state index contributed by atoms with van der Waals surface area (Å²) in [5, 5.41) is 3.44. The molecule has 0 amide bonds. The number of fused-ring (bicyclic) bond motifs is 1. The van der Waals surface area contributed by atoms with Crippen LogP contribution in [0, 0.1) is 0 Å². The van der Waals surface area contributed by atoms with E-state index in [1.807, 2.05) is 24.3 Å². The normalized spacial score (nSPS) is 12.2. The minimum Gasteiger partial charge on any atom is -0.493 e. The van der Waals surface area contributed by atoms with Crippen LogP contribution in [0.1, 0.15) is 11.1 Å². The molecule has 7 heteroatoms. The third-order valence-corrected chi connectivity index (χ3v) is 4.96. The Morgan fingerprint density at radius 1 is 0.923 bits per heavy atom. The molecular weight excluding hydrogens is 402 g/mol. The van der Waals surface area contributed by atoms with Gasteiger partial charge < -0.3 is 29.0 Å². The summed E-state index contributed by atoms with van der Waals surface area (Å²) in [6, 6.07) is 7.81. The summed E-state index contributed by atoms with van der Waals surface area (Å²) >= 11 is 3.59. The number of hydrogen-bond donors (Lipinski definition) is 1. The lowest BCUT2D eigenvalue weighted by Gasteiger charge is -2.13. The van der Waals surface area contributed by atoms with Crippen LogP contribution in [-0.4, -0.2) is 34.7 Å². The van der Waals surface area contributed by atoms with E-state index in [-0.39, 0.29) is 6.79 Å². The third-order valence-electron chi connectivity index (χ3n) is 4.22. The second kappa shape index (κ2) is 8.51. The first kappa shape index (κ1) is 18.7. The van der Waals surface area contributed by atoms with E-state index >= 15 is 0 Å². The van der Waals surface area contributed by atoms with Crippen molar-refractivity contribution in [2.75, 3.05) is 34.7 Å². The number of halogens is 1. The van der Waals surface area contributed by atoms with Gasteiger partial charge in [0.1, 0.15) is 0 Å². The molecule has 0 aromatic heterocycles. The van der Waals surface area contributed by atoms with Gasteiger partial charge in [0.25, 0.3) is 0 Å². The Labute approximate surface area is 161 Å². The topological polar surface area (TPSA) is 58.2 Å². The Balaban J connectivity index is 1.61. The number of nitrogens with one attached hydrogen (secondary N) is 1. The molecule has 0 spiro atoms. The molecule has 2 aromatic carbocycles. The van der Waals surface area contributed by atoms with Crippen LogP contribution in [-0.2, 0) is 13.0 Å². The first-order valence-electron chi connectivity index (χ1n) is 8.24. The van der Waals surface area contributed by atoms with E-state index in [2.05, 4.69) is 21.2 Å². The fourth-order valence-corrected chi connectivity index (χ4v) is 3.38. The highest BCUT2D eigenvalue weighted by molar-refractivity contribution is 9.10. The van der Waals surface area contributed by atoms with E-state index in [9.17, 15) is 0 Å². The second-order valence-electron chi connectivity index (χ2n) is 5.72. The average molecular weight is 424 g/mol. The van der Waals surface area contributed by atoms with Gasteiger partial charge in [-0.2, -0.15) is 0 Å². The number of hydrogen-bond acceptors (Lipinski definition) is 6. The van der Waals surface area contributed by atoms with Crippen LogP contribution in [0.25, 0.3) is 0 Å². The van der Waals surface area contributed by atoms with Crippen LogP contribution in [0.4, 0.5) is 0 Å². The van der Waals surface area contributed by atoms with E-state index in [0.29, 0.717) is 23.8 Å². The van der Waals surface area contributed by atoms with Gasteiger partial charge in [-0.15, -0.1) is 0 Å². The summed E-state index contributed by atoms with van der Waals surface area (Å²) in [7, 11) is 4.89. The van der Waals surface area contributed by atoms with Crippen LogP contribution >= 0.6 is 15.9 Å². The molecule has 3 rings (SSSR count). The Kier molecular flexibility index (Phi) is 6.11. The van der Waals surface area contributed by atoms with Crippen molar-refractivity contribution in [1.82, 2.24) is 5.32 Å². The summed E-state index contributed by atoms with van der Waals surface area (Å²) in [5.41, 5.74) is 2.19. The zero-order valence-corrected chi connectivity index (χ0v) is 16.6. The minimum absolute atomic E-state index is 0.224. The maximum atomic E-state index is 5.58. The highest BCUT2D eigenvalue weighted by Gasteiger charge is 2.22. The summed E-state index contributed by atoms with van der Waals surface area (Å²) in [4.78, 5) is 0. The van der Waals surface area contributed by atoms with Crippen molar-refractivity contribution >= 4 is 15.9 Å². The molecule has 6 nitrogen and oxygen atoms in total. The molecule has 1 heterocycles. The van der Waals surface area contributed by atoms with Crippen LogP contribution in [0.2, 0.25) is 0 Å². The van der Waals surface area contributed by atoms with Gasteiger partial charge in [-0.3, -0.25) is 0 Å². The molecule has 0 atom stereocenters. The summed E-state index contributed by atoms with van der Waals surface area (Å²) in [6.07, 6.45) is 0.844. The van der Waals surface area contributed by atoms with Crippen LogP contribution in [0.15, 0.2) is 28.7 Å². The molecule has 0 unspecified atom stereocenters. The van der Waals surface area contributed by atoms with Gasteiger partial charge in [0.2, 0.25) is 12.5 Å². The number of benzene rings is 2. The maximum Gasteiger partial charge on any atom is 0.231 e. The average Bonchev–Trinajstić information content (AvgIpc) is 3.16. The first-order valence-corrected chi connectivity index (χ1v) is 9.03. The Morgan fingerprint density at radius 3 is 2.35 bits per heavy atom. The molecule has 2 aromatic rings. The molecule has 0 bridgehead atoms. The summed E-state index contributed by atoms with van der Waals surface area (Å²) < 4.78 is 28.1. The van der Waals surface area contributed by atoms with Crippen molar-refractivity contribution in [1.29, 1.82) is 0 Å². The van der Waals surface area contributed by atoms with Gasteiger partial charge in [-0.25, -0.2) is 0 Å². The monoisotopic (exact) mass is 423 g/mol. The molecule has 0 radical (unpaired) electrons. The molecule has 0 fully saturated rings. The molecule has 1 aliphatic heterocycles. The standard InChI is InChI=1S/C19H22BrNO5/c1-22-15-5-4-13(18-19(15)26-11-25-18)10-21-7-6-12-8-16(23-2)17(24-3)9-14(12)20/h4-5,8-9,21H,6-7,10-11H2,1-3H3. The van der Waals surface area contributed by atoms with E-state index < -0.39 is 0 Å². The highest BCUT2D eigenvalue weighted by atomic mass is 79.9. The van der Waals surface area contributed by atoms with Crippen molar-refractivity contribution in [3.63, 3.8) is 0 Å². The number of methoxy groups -OCH3 is 3. The van der Waals surface area contributed by atoms with E-state index in [1.165, 1.54) is 0 Å². The zero-order valence-electron chi connectivity index (χ0n) is 15.1. The van der Waals surface area contributed by atoms with Gasteiger partial charge in [-0.05, 0) is 36.7 Å². The highest BCUT2D eigenvalue weighted by Crippen LogP contribution is 2.43. The smallest absolute Gasteiger partial charge is 0.231 e. The van der Waals surface area contributed by atoms with Crippen molar-refractivity contribution in [2.24, 2.45) is 0 Å². The van der Waals surface area contributed by atoms with Gasteiger partial charge >= 0.3 is 0 Å². The SMILES string of the molecule is COc1cc(Br)c(CCNCc2ccc(OC)c3c2OCO3)cc1OC. The molecule has 140 valence electrons. The quantitative estimate of drug-likeness (QED) is 0.655. The van der Waals surface area contributed by atoms with E-state index in [1.54, 1.807) is 21.3 Å². The predicted octanol–water partition coefficient (Wildman–Crippen LogP) is 3.54. The van der Waals surface area contributed by atoms with Crippen molar-refractivity contribution in [2.45, 2.75) is 13.0 Å². The summed E-state index contributed by atoms with van der Waals surface area (Å²) in [5.74, 6) is 3.56. The lowest BCUT2D eigenvalue weighted by molar-refractivity contribution is 0.170. The fraction of sp³-hybridized carbons (Fsp3) is 0.368. The largest absolute Gasteiger partial charge is 0.493 e. The lowest BCUT2D eigenvalue weighted by Crippen LogP contribution is -2.17. The van der Waals surface area contributed by atoms with E-state index in [4.69, 9.17) is 23.7 Å². The summed E-state index contributed by atoms with van der Waals surface area (Å²) in [6.45, 7) is 1.71. The van der Waals surface area contributed by atoms with Gasteiger partial charge in [0.05, 0.1) is 21.3 Å². The Morgan fingerprint density at radius 2 is 1.62 bits per heavy atom. The van der Waals surface area contributed by atoms with Gasteiger partial charge in [0, 0.05) is 16.6 Å². The van der Waals surface area contributed by atoms with Crippen LogP contribution in [0.3, 0.4) is 0 Å². The van der Waals surface area contributed by atoms with E-state index in [0.717, 1.165) is 40.1 Å².